The molecular formula is C17H18N4O2. The molecule has 6 nitrogen and oxygen atoms in total. The van der Waals surface area contributed by atoms with Crippen molar-refractivity contribution in [2.45, 2.75) is 25.9 Å². The average Bonchev–Trinajstić information content (AvgIpc) is 3.19. The molecule has 0 spiro atoms. The van der Waals surface area contributed by atoms with Crippen molar-refractivity contribution >= 4 is 5.91 Å². The van der Waals surface area contributed by atoms with Crippen LogP contribution in [0.2, 0.25) is 0 Å². The lowest BCUT2D eigenvalue weighted by Gasteiger charge is -2.19. The molecule has 118 valence electrons. The molecule has 2 aromatic heterocycles. The third-order valence-electron chi connectivity index (χ3n) is 3.50. The van der Waals surface area contributed by atoms with Crippen molar-refractivity contribution in [2.75, 3.05) is 0 Å². The second kappa shape index (κ2) is 6.91. The number of hydrogen-bond donors (Lipinski definition) is 1. The van der Waals surface area contributed by atoms with Gasteiger partial charge in [0, 0.05) is 25.0 Å². The van der Waals surface area contributed by atoms with Gasteiger partial charge in [-0.3, -0.25) is 4.79 Å². The topological polar surface area (TPSA) is 73.0 Å². The molecule has 2 heterocycles. The number of rotatable bonds is 6. The van der Waals surface area contributed by atoms with E-state index >= 15 is 0 Å². The third-order valence-corrected chi connectivity index (χ3v) is 3.50. The fourth-order valence-corrected chi connectivity index (χ4v) is 2.43. The van der Waals surface area contributed by atoms with Crippen molar-refractivity contribution in [1.29, 1.82) is 0 Å². The molecule has 0 radical (unpaired) electrons. The molecule has 0 bridgehead atoms. The summed E-state index contributed by atoms with van der Waals surface area (Å²) in [6.45, 7) is 2.45. The number of imidazole rings is 1. The summed E-state index contributed by atoms with van der Waals surface area (Å²) in [4.78, 5) is 16.4. The Bertz CT molecular complexity index is 750. The first kappa shape index (κ1) is 15.0. The summed E-state index contributed by atoms with van der Waals surface area (Å²) in [5, 5.41) is 6.85. The summed E-state index contributed by atoms with van der Waals surface area (Å²) in [7, 11) is 0. The number of carbonyl (C=O) groups is 1. The maximum atomic E-state index is 12.3. The van der Waals surface area contributed by atoms with E-state index in [1.165, 1.54) is 0 Å². The Morgan fingerprint density at radius 2 is 2.17 bits per heavy atom. The molecule has 0 aliphatic rings. The van der Waals surface area contributed by atoms with Gasteiger partial charge in [-0.05, 0) is 12.5 Å². The maximum Gasteiger partial charge on any atom is 0.228 e. The number of benzene rings is 1. The van der Waals surface area contributed by atoms with Crippen LogP contribution in [0.4, 0.5) is 0 Å². The zero-order chi connectivity index (χ0) is 16.1. The predicted molar refractivity (Wildman–Crippen MR) is 84.5 cm³/mol. The molecule has 3 aromatic rings. The molecule has 1 atom stereocenters. The quantitative estimate of drug-likeness (QED) is 0.758. The predicted octanol–water partition coefficient (Wildman–Crippen LogP) is 2.28. The van der Waals surface area contributed by atoms with Gasteiger partial charge in [-0.15, -0.1) is 0 Å². The molecule has 0 aliphatic carbocycles. The fraction of sp³-hybridized carbons (Fsp3) is 0.235. The highest BCUT2D eigenvalue weighted by Crippen LogP contribution is 2.15. The summed E-state index contributed by atoms with van der Waals surface area (Å²) in [5.74, 6) is 0.463. The Labute approximate surface area is 134 Å². The Kier molecular flexibility index (Phi) is 4.52. The van der Waals surface area contributed by atoms with Crippen LogP contribution in [0.3, 0.4) is 0 Å². The van der Waals surface area contributed by atoms with E-state index in [9.17, 15) is 4.79 Å². The van der Waals surface area contributed by atoms with E-state index < -0.39 is 0 Å². The van der Waals surface area contributed by atoms with Gasteiger partial charge in [0.1, 0.15) is 5.76 Å². The second-order valence-electron chi connectivity index (χ2n) is 5.40. The van der Waals surface area contributed by atoms with Gasteiger partial charge in [0.15, 0.2) is 0 Å². The minimum absolute atomic E-state index is 0.102. The lowest BCUT2D eigenvalue weighted by molar-refractivity contribution is -0.121. The van der Waals surface area contributed by atoms with E-state index in [1.54, 1.807) is 18.6 Å². The highest BCUT2D eigenvalue weighted by atomic mass is 16.5. The standard InChI is InChI=1S/C17H18N4O2/c1-13-9-15(23-20-13)10-17(22)19-16(11-21-8-7-18-12-21)14-5-3-2-4-6-14/h2-9,12,16H,10-11H2,1H3,(H,19,22)/t16-/m1/s1. The van der Waals surface area contributed by atoms with Crippen LogP contribution >= 0.6 is 0 Å². The van der Waals surface area contributed by atoms with Gasteiger partial charge < -0.3 is 14.4 Å². The zero-order valence-corrected chi connectivity index (χ0v) is 12.8. The number of hydrogen-bond acceptors (Lipinski definition) is 4. The van der Waals surface area contributed by atoms with E-state index in [2.05, 4.69) is 15.5 Å². The molecule has 0 saturated heterocycles. The summed E-state index contributed by atoms with van der Waals surface area (Å²) >= 11 is 0. The van der Waals surface area contributed by atoms with Crippen LogP contribution in [0.15, 0.2) is 59.6 Å². The first-order chi connectivity index (χ1) is 11.2. The van der Waals surface area contributed by atoms with Crippen LogP contribution in [-0.4, -0.2) is 20.6 Å². The van der Waals surface area contributed by atoms with Crippen LogP contribution in [0.5, 0.6) is 0 Å². The van der Waals surface area contributed by atoms with Gasteiger partial charge in [-0.25, -0.2) is 4.98 Å². The van der Waals surface area contributed by atoms with Crippen molar-refractivity contribution in [1.82, 2.24) is 20.0 Å². The van der Waals surface area contributed by atoms with E-state index in [1.807, 2.05) is 48.0 Å². The number of aromatic nitrogens is 3. The Hall–Kier alpha value is -2.89. The van der Waals surface area contributed by atoms with E-state index in [0.717, 1.165) is 11.3 Å². The van der Waals surface area contributed by atoms with Crippen LogP contribution in [0.25, 0.3) is 0 Å². The monoisotopic (exact) mass is 310 g/mol. The van der Waals surface area contributed by atoms with Gasteiger partial charge in [-0.2, -0.15) is 0 Å². The van der Waals surface area contributed by atoms with E-state index in [0.29, 0.717) is 12.3 Å². The molecule has 1 amide bonds. The fourth-order valence-electron chi connectivity index (χ4n) is 2.43. The van der Waals surface area contributed by atoms with Gasteiger partial charge in [0.2, 0.25) is 5.91 Å². The lowest BCUT2D eigenvalue weighted by Crippen LogP contribution is -2.32. The Morgan fingerprint density at radius 1 is 1.35 bits per heavy atom. The SMILES string of the molecule is Cc1cc(CC(=O)N[C@H](Cn2ccnc2)c2ccccc2)on1. The van der Waals surface area contributed by atoms with Gasteiger partial charge in [0.05, 0.1) is 24.5 Å². The number of nitrogens with zero attached hydrogens (tertiary/aromatic N) is 3. The van der Waals surface area contributed by atoms with Gasteiger partial charge in [-0.1, -0.05) is 35.5 Å². The van der Waals surface area contributed by atoms with Crippen LogP contribution in [-0.2, 0) is 17.8 Å². The summed E-state index contributed by atoms with van der Waals surface area (Å²) in [6.07, 6.45) is 5.51. The largest absolute Gasteiger partial charge is 0.361 e. The van der Waals surface area contributed by atoms with E-state index in [-0.39, 0.29) is 18.4 Å². The number of carbonyl (C=O) groups excluding carboxylic acids is 1. The molecule has 0 saturated carbocycles. The highest BCUT2D eigenvalue weighted by Gasteiger charge is 2.16. The third kappa shape index (κ3) is 4.06. The Balaban J connectivity index is 1.71. The average molecular weight is 310 g/mol. The molecular weight excluding hydrogens is 292 g/mol. The first-order valence-corrected chi connectivity index (χ1v) is 7.43. The lowest BCUT2D eigenvalue weighted by atomic mass is 10.1. The van der Waals surface area contributed by atoms with Crippen LogP contribution in [0, 0.1) is 6.92 Å². The molecule has 1 aromatic carbocycles. The zero-order valence-electron chi connectivity index (χ0n) is 12.8. The molecule has 3 rings (SSSR count). The van der Waals surface area contributed by atoms with Crippen molar-refractivity contribution in [3.05, 3.63) is 72.1 Å². The molecule has 1 N–H and O–H groups in total. The summed E-state index contributed by atoms with van der Waals surface area (Å²) in [6, 6.07) is 11.5. The number of nitrogens with one attached hydrogen (secondary N) is 1. The van der Waals surface area contributed by atoms with Crippen LogP contribution in [0.1, 0.15) is 23.1 Å². The molecule has 0 fully saturated rings. The van der Waals surface area contributed by atoms with Crippen LogP contribution < -0.4 is 5.32 Å². The van der Waals surface area contributed by atoms with E-state index in [4.69, 9.17) is 4.52 Å². The van der Waals surface area contributed by atoms with Gasteiger partial charge in [0.25, 0.3) is 0 Å². The maximum absolute atomic E-state index is 12.3. The summed E-state index contributed by atoms with van der Waals surface area (Å²) < 4.78 is 7.04. The van der Waals surface area contributed by atoms with Crippen molar-refractivity contribution < 1.29 is 9.32 Å². The molecule has 0 aliphatic heterocycles. The van der Waals surface area contributed by atoms with Crippen molar-refractivity contribution in [3.8, 4) is 0 Å². The number of amides is 1. The van der Waals surface area contributed by atoms with Crippen molar-refractivity contribution in [2.24, 2.45) is 0 Å². The minimum Gasteiger partial charge on any atom is -0.361 e. The van der Waals surface area contributed by atoms with Crippen molar-refractivity contribution in [3.63, 3.8) is 0 Å². The Morgan fingerprint density at radius 3 is 2.83 bits per heavy atom. The molecule has 6 heteroatoms. The minimum atomic E-state index is -0.137. The highest BCUT2D eigenvalue weighted by molar-refractivity contribution is 5.78. The van der Waals surface area contributed by atoms with Gasteiger partial charge >= 0.3 is 0 Å². The second-order valence-corrected chi connectivity index (χ2v) is 5.40. The molecule has 0 unspecified atom stereocenters. The molecule has 23 heavy (non-hydrogen) atoms. The first-order valence-electron chi connectivity index (χ1n) is 7.43. The summed E-state index contributed by atoms with van der Waals surface area (Å²) in [5.41, 5.74) is 1.81. The number of aryl methyl sites for hydroxylation is 1. The normalized spacial score (nSPS) is 12.0. The smallest absolute Gasteiger partial charge is 0.228 e.